The molecule has 1 heterocycles. The zero-order valence-corrected chi connectivity index (χ0v) is 7.69. The lowest BCUT2D eigenvalue weighted by molar-refractivity contribution is 0.449. The maximum absolute atomic E-state index is 3.51. The molecule has 2 nitrogen and oxygen atoms in total. The van der Waals surface area contributed by atoms with Crippen LogP contribution in [0.2, 0.25) is 0 Å². The Morgan fingerprint density at radius 2 is 2.45 bits per heavy atom. The number of rotatable bonds is 4. The molecule has 1 aliphatic heterocycles. The summed E-state index contributed by atoms with van der Waals surface area (Å²) in [5, 5.41) is 6.94. The van der Waals surface area contributed by atoms with Gasteiger partial charge in [-0.1, -0.05) is 6.92 Å². The highest BCUT2D eigenvalue weighted by molar-refractivity contribution is 4.78. The van der Waals surface area contributed by atoms with Gasteiger partial charge in [-0.15, -0.1) is 0 Å². The molecule has 0 aromatic heterocycles. The SMILES string of the molecule is CCNC(C)CC1CCCN1. The second-order valence-corrected chi connectivity index (χ2v) is 3.49. The maximum atomic E-state index is 3.51. The average molecular weight is 156 g/mol. The summed E-state index contributed by atoms with van der Waals surface area (Å²) in [4.78, 5) is 0. The van der Waals surface area contributed by atoms with Crippen molar-refractivity contribution in [2.24, 2.45) is 0 Å². The van der Waals surface area contributed by atoms with Gasteiger partial charge in [-0.3, -0.25) is 0 Å². The molecule has 1 rings (SSSR count). The lowest BCUT2D eigenvalue weighted by atomic mass is 10.1. The summed E-state index contributed by atoms with van der Waals surface area (Å²) in [5.74, 6) is 0. The van der Waals surface area contributed by atoms with Crippen molar-refractivity contribution in [3.05, 3.63) is 0 Å². The van der Waals surface area contributed by atoms with Crippen molar-refractivity contribution in [2.75, 3.05) is 13.1 Å². The molecule has 0 aromatic rings. The minimum Gasteiger partial charge on any atom is -0.314 e. The first-order valence-corrected chi connectivity index (χ1v) is 4.79. The Hall–Kier alpha value is -0.0800. The van der Waals surface area contributed by atoms with Gasteiger partial charge in [0, 0.05) is 12.1 Å². The third-order valence-corrected chi connectivity index (χ3v) is 2.35. The number of hydrogen-bond donors (Lipinski definition) is 2. The Morgan fingerprint density at radius 1 is 1.64 bits per heavy atom. The Balaban J connectivity index is 2.08. The molecule has 0 spiro atoms. The van der Waals surface area contributed by atoms with Crippen LogP contribution in [0, 0.1) is 0 Å². The predicted octanol–water partition coefficient (Wildman–Crippen LogP) is 1.13. The molecule has 66 valence electrons. The first-order chi connectivity index (χ1) is 5.33. The van der Waals surface area contributed by atoms with E-state index in [0.29, 0.717) is 6.04 Å². The smallest absolute Gasteiger partial charge is 0.00822 e. The second kappa shape index (κ2) is 4.73. The maximum Gasteiger partial charge on any atom is 0.00822 e. The zero-order chi connectivity index (χ0) is 8.10. The molecule has 0 aromatic carbocycles. The van der Waals surface area contributed by atoms with Gasteiger partial charge in [-0.05, 0) is 39.3 Å². The van der Waals surface area contributed by atoms with Gasteiger partial charge in [-0.2, -0.15) is 0 Å². The van der Waals surface area contributed by atoms with Crippen molar-refractivity contribution in [3.63, 3.8) is 0 Å². The highest BCUT2D eigenvalue weighted by Gasteiger charge is 2.15. The molecule has 2 heteroatoms. The molecule has 2 N–H and O–H groups in total. The zero-order valence-electron chi connectivity index (χ0n) is 7.69. The van der Waals surface area contributed by atoms with Crippen LogP contribution in [0.25, 0.3) is 0 Å². The molecule has 1 fully saturated rings. The summed E-state index contributed by atoms with van der Waals surface area (Å²) < 4.78 is 0. The topological polar surface area (TPSA) is 24.1 Å². The fraction of sp³-hybridized carbons (Fsp3) is 1.00. The Morgan fingerprint density at radius 3 is 3.00 bits per heavy atom. The summed E-state index contributed by atoms with van der Waals surface area (Å²) in [7, 11) is 0. The number of hydrogen-bond acceptors (Lipinski definition) is 2. The van der Waals surface area contributed by atoms with Crippen LogP contribution in [0.3, 0.4) is 0 Å². The first-order valence-electron chi connectivity index (χ1n) is 4.79. The van der Waals surface area contributed by atoms with Gasteiger partial charge in [0.05, 0.1) is 0 Å². The van der Waals surface area contributed by atoms with E-state index in [-0.39, 0.29) is 0 Å². The monoisotopic (exact) mass is 156 g/mol. The molecule has 2 unspecified atom stereocenters. The highest BCUT2D eigenvalue weighted by atomic mass is 15.0. The van der Waals surface area contributed by atoms with Crippen LogP contribution in [0.1, 0.15) is 33.1 Å². The highest BCUT2D eigenvalue weighted by Crippen LogP contribution is 2.10. The van der Waals surface area contributed by atoms with E-state index in [4.69, 9.17) is 0 Å². The normalized spacial score (nSPS) is 27.3. The van der Waals surface area contributed by atoms with Crippen molar-refractivity contribution in [3.8, 4) is 0 Å². The standard InChI is InChI=1S/C9H20N2/c1-3-10-8(2)7-9-5-4-6-11-9/h8-11H,3-7H2,1-2H3. The number of nitrogens with one attached hydrogen (secondary N) is 2. The van der Waals surface area contributed by atoms with Gasteiger partial charge in [0.25, 0.3) is 0 Å². The van der Waals surface area contributed by atoms with E-state index in [0.717, 1.165) is 12.6 Å². The van der Waals surface area contributed by atoms with E-state index in [1.165, 1.54) is 25.8 Å². The molecular weight excluding hydrogens is 136 g/mol. The Bertz CT molecular complexity index is 97.7. The third-order valence-electron chi connectivity index (χ3n) is 2.35. The van der Waals surface area contributed by atoms with Crippen LogP contribution in [0.15, 0.2) is 0 Å². The van der Waals surface area contributed by atoms with E-state index >= 15 is 0 Å². The molecule has 2 atom stereocenters. The predicted molar refractivity (Wildman–Crippen MR) is 48.8 cm³/mol. The minimum absolute atomic E-state index is 0.676. The van der Waals surface area contributed by atoms with E-state index in [1.54, 1.807) is 0 Å². The van der Waals surface area contributed by atoms with Gasteiger partial charge in [0.2, 0.25) is 0 Å². The molecule has 11 heavy (non-hydrogen) atoms. The van der Waals surface area contributed by atoms with E-state index in [9.17, 15) is 0 Å². The van der Waals surface area contributed by atoms with Crippen LogP contribution in [-0.2, 0) is 0 Å². The first kappa shape index (κ1) is 9.01. The summed E-state index contributed by atoms with van der Waals surface area (Å²) in [5.41, 5.74) is 0. The summed E-state index contributed by atoms with van der Waals surface area (Å²) in [6.45, 7) is 6.75. The fourth-order valence-corrected chi connectivity index (χ4v) is 1.82. The molecule has 0 bridgehead atoms. The molecule has 1 saturated heterocycles. The Labute approximate surface area is 69.8 Å². The largest absolute Gasteiger partial charge is 0.314 e. The van der Waals surface area contributed by atoms with Crippen molar-refractivity contribution in [2.45, 2.75) is 45.2 Å². The fourth-order valence-electron chi connectivity index (χ4n) is 1.82. The molecule has 0 aliphatic carbocycles. The van der Waals surface area contributed by atoms with Crippen LogP contribution in [0.4, 0.5) is 0 Å². The molecular formula is C9H20N2. The lowest BCUT2D eigenvalue weighted by Crippen LogP contribution is -2.33. The van der Waals surface area contributed by atoms with Crippen LogP contribution in [-0.4, -0.2) is 25.2 Å². The van der Waals surface area contributed by atoms with Gasteiger partial charge < -0.3 is 10.6 Å². The van der Waals surface area contributed by atoms with Gasteiger partial charge in [0.15, 0.2) is 0 Å². The quantitative estimate of drug-likeness (QED) is 0.637. The second-order valence-electron chi connectivity index (χ2n) is 3.49. The van der Waals surface area contributed by atoms with Gasteiger partial charge >= 0.3 is 0 Å². The molecule has 0 saturated carbocycles. The van der Waals surface area contributed by atoms with Crippen molar-refractivity contribution in [1.82, 2.24) is 10.6 Å². The molecule has 0 amide bonds. The minimum atomic E-state index is 0.676. The van der Waals surface area contributed by atoms with Crippen LogP contribution < -0.4 is 10.6 Å². The summed E-state index contributed by atoms with van der Waals surface area (Å²) >= 11 is 0. The van der Waals surface area contributed by atoms with Crippen LogP contribution >= 0.6 is 0 Å². The third kappa shape index (κ3) is 3.21. The van der Waals surface area contributed by atoms with Gasteiger partial charge in [-0.25, -0.2) is 0 Å². The summed E-state index contributed by atoms with van der Waals surface area (Å²) in [6.07, 6.45) is 4.02. The van der Waals surface area contributed by atoms with E-state index in [2.05, 4.69) is 24.5 Å². The van der Waals surface area contributed by atoms with Crippen molar-refractivity contribution < 1.29 is 0 Å². The molecule has 0 radical (unpaired) electrons. The van der Waals surface area contributed by atoms with E-state index in [1.807, 2.05) is 0 Å². The van der Waals surface area contributed by atoms with Crippen molar-refractivity contribution in [1.29, 1.82) is 0 Å². The molecule has 1 aliphatic rings. The Kier molecular flexibility index (Phi) is 3.87. The van der Waals surface area contributed by atoms with E-state index < -0.39 is 0 Å². The average Bonchev–Trinajstić information content (AvgIpc) is 2.40. The van der Waals surface area contributed by atoms with Gasteiger partial charge in [0.1, 0.15) is 0 Å². The van der Waals surface area contributed by atoms with Crippen LogP contribution in [0.5, 0.6) is 0 Å². The summed E-state index contributed by atoms with van der Waals surface area (Å²) in [6, 6.07) is 1.46. The lowest BCUT2D eigenvalue weighted by Gasteiger charge is -2.16. The van der Waals surface area contributed by atoms with Crippen molar-refractivity contribution >= 4 is 0 Å².